The van der Waals surface area contributed by atoms with Crippen LogP contribution in [0.4, 0.5) is 0 Å². The molecule has 86 valence electrons. The lowest BCUT2D eigenvalue weighted by Gasteiger charge is -2.53. The molecule has 1 atom stereocenters. The third-order valence-electron chi connectivity index (χ3n) is 4.76. The number of hydrogen-bond donors (Lipinski definition) is 1. The highest BCUT2D eigenvalue weighted by Crippen LogP contribution is 2.55. The Morgan fingerprint density at radius 1 is 1.00 bits per heavy atom. The first-order chi connectivity index (χ1) is 7.28. The van der Waals surface area contributed by atoms with Crippen LogP contribution in [-0.2, 0) is 10.8 Å². The second kappa shape index (κ2) is 3.85. The lowest BCUT2D eigenvalue weighted by molar-refractivity contribution is 0.0252. The SMILES string of the molecule is NCCS(=O)C1C2CC3CC(C2)CC1C3. The molecule has 0 aliphatic heterocycles. The molecule has 4 rings (SSSR count). The minimum absolute atomic E-state index is 0.515. The maximum atomic E-state index is 12.2. The summed E-state index contributed by atoms with van der Waals surface area (Å²) in [6.45, 7) is 0.593. The van der Waals surface area contributed by atoms with E-state index in [1.54, 1.807) is 0 Å². The van der Waals surface area contributed by atoms with E-state index in [-0.39, 0.29) is 0 Å². The summed E-state index contributed by atoms with van der Waals surface area (Å²) in [6, 6.07) is 0. The Morgan fingerprint density at radius 2 is 1.53 bits per heavy atom. The summed E-state index contributed by atoms with van der Waals surface area (Å²) in [6.07, 6.45) is 6.95. The minimum atomic E-state index is -0.635. The molecule has 4 saturated carbocycles. The van der Waals surface area contributed by atoms with Crippen molar-refractivity contribution in [3.8, 4) is 0 Å². The highest BCUT2D eigenvalue weighted by Gasteiger charge is 2.49. The van der Waals surface area contributed by atoms with Crippen LogP contribution in [0.5, 0.6) is 0 Å². The summed E-state index contributed by atoms with van der Waals surface area (Å²) >= 11 is 0. The second-order valence-corrected chi connectivity index (χ2v) is 7.48. The Labute approximate surface area is 94.5 Å². The largest absolute Gasteiger partial charge is 0.330 e. The monoisotopic (exact) mass is 227 g/mol. The molecule has 1 unspecified atom stereocenters. The quantitative estimate of drug-likeness (QED) is 0.794. The van der Waals surface area contributed by atoms with Crippen molar-refractivity contribution in [3.63, 3.8) is 0 Å². The Bertz CT molecular complexity index is 251. The molecule has 4 bridgehead atoms. The van der Waals surface area contributed by atoms with E-state index < -0.39 is 10.8 Å². The third-order valence-corrected chi connectivity index (χ3v) is 6.78. The van der Waals surface area contributed by atoms with Crippen molar-refractivity contribution in [3.05, 3.63) is 0 Å². The first-order valence-electron chi connectivity index (χ1n) is 6.35. The Balaban J connectivity index is 1.77. The molecule has 2 nitrogen and oxygen atoms in total. The lowest BCUT2D eigenvalue weighted by atomic mass is 9.56. The predicted octanol–water partition coefficient (Wildman–Crippen LogP) is 1.52. The van der Waals surface area contributed by atoms with Crippen LogP contribution in [0.1, 0.15) is 32.1 Å². The van der Waals surface area contributed by atoms with Gasteiger partial charge in [0.25, 0.3) is 0 Å². The topological polar surface area (TPSA) is 43.1 Å². The number of nitrogens with two attached hydrogens (primary N) is 1. The Kier molecular flexibility index (Phi) is 2.63. The van der Waals surface area contributed by atoms with Gasteiger partial charge in [0.05, 0.1) is 0 Å². The van der Waals surface area contributed by atoms with Crippen LogP contribution in [0, 0.1) is 23.7 Å². The molecule has 2 N–H and O–H groups in total. The number of hydrogen-bond acceptors (Lipinski definition) is 2. The van der Waals surface area contributed by atoms with Gasteiger partial charge in [0, 0.05) is 28.3 Å². The van der Waals surface area contributed by atoms with Gasteiger partial charge in [0.2, 0.25) is 0 Å². The standard InChI is InChI=1S/C12H21NOS/c13-1-2-15(14)12-10-4-8-3-9(6-10)7-11(12)5-8/h8-12H,1-7,13H2. The average molecular weight is 227 g/mol. The van der Waals surface area contributed by atoms with Crippen molar-refractivity contribution in [2.45, 2.75) is 37.4 Å². The fraction of sp³-hybridized carbons (Fsp3) is 1.00. The van der Waals surface area contributed by atoms with Gasteiger partial charge in [0.15, 0.2) is 0 Å². The lowest BCUT2D eigenvalue weighted by Crippen LogP contribution is -2.50. The Morgan fingerprint density at radius 3 is 2.00 bits per heavy atom. The van der Waals surface area contributed by atoms with Crippen LogP contribution in [0.2, 0.25) is 0 Å². The van der Waals surface area contributed by atoms with Crippen molar-refractivity contribution in [2.75, 3.05) is 12.3 Å². The number of rotatable bonds is 3. The molecular weight excluding hydrogens is 206 g/mol. The van der Waals surface area contributed by atoms with E-state index in [0.29, 0.717) is 11.8 Å². The molecule has 4 aliphatic carbocycles. The van der Waals surface area contributed by atoms with Crippen LogP contribution in [0.25, 0.3) is 0 Å². The molecule has 0 aromatic carbocycles. The normalized spacial score (nSPS) is 49.5. The summed E-state index contributed by atoms with van der Waals surface area (Å²) in [4.78, 5) is 0. The molecule has 0 aromatic heterocycles. The molecule has 3 heteroatoms. The molecule has 0 radical (unpaired) electrons. The van der Waals surface area contributed by atoms with Crippen molar-refractivity contribution in [2.24, 2.45) is 29.4 Å². The van der Waals surface area contributed by atoms with E-state index in [2.05, 4.69) is 0 Å². The summed E-state index contributed by atoms with van der Waals surface area (Å²) < 4.78 is 12.2. The van der Waals surface area contributed by atoms with Gasteiger partial charge in [-0.2, -0.15) is 0 Å². The molecule has 0 amide bonds. The van der Waals surface area contributed by atoms with Crippen molar-refractivity contribution in [1.29, 1.82) is 0 Å². The van der Waals surface area contributed by atoms with Gasteiger partial charge >= 0.3 is 0 Å². The van der Waals surface area contributed by atoms with Crippen molar-refractivity contribution in [1.82, 2.24) is 0 Å². The minimum Gasteiger partial charge on any atom is -0.330 e. The van der Waals surface area contributed by atoms with Crippen LogP contribution in [0.15, 0.2) is 0 Å². The van der Waals surface area contributed by atoms with Crippen LogP contribution in [-0.4, -0.2) is 21.8 Å². The van der Waals surface area contributed by atoms with Crippen molar-refractivity contribution >= 4 is 10.8 Å². The zero-order valence-corrected chi connectivity index (χ0v) is 10.0. The zero-order chi connectivity index (χ0) is 10.4. The maximum absolute atomic E-state index is 12.2. The summed E-state index contributed by atoms with van der Waals surface area (Å²) in [5.41, 5.74) is 5.53. The van der Waals surface area contributed by atoms with Crippen LogP contribution < -0.4 is 5.73 Å². The second-order valence-electron chi connectivity index (χ2n) is 5.77. The highest BCUT2D eigenvalue weighted by molar-refractivity contribution is 7.85. The first kappa shape index (κ1) is 10.3. The van der Waals surface area contributed by atoms with Gasteiger partial charge in [-0.1, -0.05) is 0 Å². The van der Waals surface area contributed by atoms with E-state index in [9.17, 15) is 4.21 Å². The molecule has 0 saturated heterocycles. The maximum Gasteiger partial charge on any atom is 0.0405 e. The van der Waals surface area contributed by atoms with Crippen molar-refractivity contribution < 1.29 is 4.21 Å². The molecule has 0 aromatic rings. The fourth-order valence-corrected chi connectivity index (χ4v) is 6.36. The van der Waals surface area contributed by atoms with Gasteiger partial charge in [-0.05, 0) is 55.8 Å². The molecule has 15 heavy (non-hydrogen) atoms. The third kappa shape index (κ3) is 1.68. The van der Waals surface area contributed by atoms with E-state index in [1.165, 1.54) is 32.1 Å². The van der Waals surface area contributed by atoms with Gasteiger partial charge in [-0.15, -0.1) is 0 Å². The zero-order valence-electron chi connectivity index (χ0n) is 9.23. The fourth-order valence-electron chi connectivity index (χ4n) is 4.56. The smallest absolute Gasteiger partial charge is 0.0405 e. The van der Waals surface area contributed by atoms with E-state index in [1.807, 2.05) is 0 Å². The molecular formula is C12H21NOS. The summed E-state index contributed by atoms with van der Waals surface area (Å²) in [7, 11) is -0.635. The van der Waals surface area contributed by atoms with E-state index in [4.69, 9.17) is 5.73 Å². The highest BCUT2D eigenvalue weighted by atomic mass is 32.2. The van der Waals surface area contributed by atoms with Crippen LogP contribution in [0.3, 0.4) is 0 Å². The molecule has 4 aliphatic rings. The first-order valence-corrected chi connectivity index (χ1v) is 7.73. The molecule has 4 fully saturated rings. The molecule has 0 spiro atoms. The van der Waals surface area contributed by atoms with Crippen LogP contribution >= 0.6 is 0 Å². The summed E-state index contributed by atoms with van der Waals surface area (Å²) in [5, 5.41) is 0.515. The average Bonchev–Trinajstić information content (AvgIpc) is 2.15. The predicted molar refractivity (Wildman–Crippen MR) is 62.9 cm³/mol. The summed E-state index contributed by atoms with van der Waals surface area (Å²) in [5.74, 6) is 4.27. The van der Waals surface area contributed by atoms with Gasteiger partial charge in [0.1, 0.15) is 0 Å². The van der Waals surface area contributed by atoms with Gasteiger partial charge in [-0.3, -0.25) is 4.21 Å². The van der Waals surface area contributed by atoms with Gasteiger partial charge < -0.3 is 5.73 Å². The van der Waals surface area contributed by atoms with E-state index in [0.717, 1.165) is 29.4 Å². The molecule has 0 heterocycles. The Hall–Kier alpha value is 0.110. The van der Waals surface area contributed by atoms with E-state index >= 15 is 0 Å². The van der Waals surface area contributed by atoms with Gasteiger partial charge in [-0.25, -0.2) is 0 Å².